The Morgan fingerprint density at radius 3 is 1.89 bits per heavy atom. The van der Waals surface area contributed by atoms with Crippen molar-refractivity contribution in [2.75, 3.05) is 40.1 Å². The highest BCUT2D eigenvalue weighted by Crippen LogP contribution is 2.37. The zero-order chi connectivity index (χ0) is 31.6. The SMILES string of the molecule is CCCCOC[C@H]1O[C@@H](C(O)c2ccccc2Cc2ccc(OC)cc2)[C@H](OCCCC)[C@@H](OCCCC)[C@@H]1OCCCC. The van der Waals surface area contributed by atoms with Crippen molar-refractivity contribution < 1.29 is 33.5 Å². The Balaban J connectivity index is 1.97. The molecule has 7 heteroatoms. The second-order valence-corrected chi connectivity index (χ2v) is 11.8. The largest absolute Gasteiger partial charge is 0.497 e. The average molecular weight is 615 g/mol. The molecule has 0 aliphatic carbocycles. The molecule has 3 rings (SSSR count). The lowest BCUT2D eigenvalue weighted by molar-refractivity contribution is -0.281. The van der Waals surface area contributed by atoms with E-state index < -0.39 is 30.5 Å². The van der Waals surface area contributed by atoms with Crippen LogP contribution in [-0.2, 0) is 30.1 Å². The fourth-order valence-corrected chi connectivity index (χ4v) is 5.57. The van der Waals surface area contributed by atoms with E-state index in [0.717, 1.165) is 73.8 Å². The molecule has 2 aromatic rings. The Morgan fingerprint density at radius 1 is 0.705 bits per heavy atom. The van der Waals surface area contributed by atoms with E-state index in [4.69, 9.17) is 28.4 Å². The van der Waals surface area contributed by atoms with Crippen LogP contribution in [0.3, 0.4) is 0 Å². The van der Waals surface area contributed by atoms with Gasteiger partial charge in [0.05, 0.1) is 13.7 Å². The fourth-order valence-electron chi connectivity index (χ4n) is 5.57. The van der Waals surface area contributed by atoms with Gasteiger partial charge >= 0.3 is 0 Å². The van der Waals surface area contributed by atoms with E-state index in [-0.39, 0.29) is 6.10 Å². The molecule has 2 aromatic carbocycles. The van der Waals surface area contributed by atoms with Crippen LogP contribution in [0.25, 0.3) is 0 Å². The van der Waals surface area contributed by atoms with Crippen molar-refractivity contribution in [1.82, 2.24) is 0 Å². The minimum atomic E-state index is -0.928. The van der Waals surface area contributed by atoms with Crippen LogP contribution in [-0.4, -0.2) is 75.8 Å². The number of hydrogen-bond acceptors (Lipinski definition) is 7. The Hall–Kier alpha value is -2.00. The third kappa shape index (κ3) is 11.1. The lowest BCUT2D eigenvalue weighted by Gasteiger charge is -2.47. The number of hydrogen-bond donors (Lipinski definition) is 1. The summed E-state index contributed by atoms with van der Waals surface area (Å²) in [5.74, 6) is 0.821. The van der Waals surface area contributed by atoms with Gasteiger partial charge in [0.25, 0.3) is 0 Å². The van der Waals surface area contributed by atoms with Crippen LogP contribution in [0.4, 0.5) is 0 Å². The Labute approximate surface area is 266 Å². The summed E-state index contributed by atoms with van der Waals surface area (Å²) in [6.07, 6.45) is 5.38. The van der Waals surface area contributed by atoms with E-state index in [1.165, 1.54) is 0 Å². The lowest BCUT2D eigenvalue weighted by Crippen LogP contribution is -2.62. The summed E-state index contributed by atoms with van der Waals surface area (Å²) in [6.45, 7) is 11.4. The maximum absolute atomic E-state index is 12.2. The molecule has 1 heterocycles. The molecule has 0 aromatic heterocycles. The van der Waals surface area contributed by atoms with Crippen LogP contribution in [0, 0.1) is 0 Å². The summed E-state index contributed by atoms with van der Waals surface area (Å²) in [7, 11) is 1.67. The van der Waals surface area contributed by atoms with Gasteiger partial charge in [-0.05, 0) is 60.9 Å². The van der Waals surface area contributed by atoms with Crippen LogP contribution in [0.15, 0.2) is 48.5 Å². The predicted octanol–water partition coefficient (Wildman–Crippen LogP) is 7.46. The van der Waals surface area contributed by atoms with E-state index in [2.05, 4.69) is 45.9 Å². The molecule has 1 saturated heterocycles. The zero-order valence-corrected chi connectivity index (χ0v) is 27.9. The summed E-state index contributed by atoms with van der Waals surface area (Å²) < 4.78 is 38.0. The molecule has 0 saturated carbocycles. The highest BCUT2D eigenvalue weighted by atomic mass is 16.6. The summed E-state index contributed by atoms with van der Waals surface area (Å²) in [5.41, 5.74) is 3.01. The standard InChI is InChI=1S/C37H58O7/c1-6-10-22-40-27-32-34(41-23-11-7-2)36(42-24-12-8-3)37(43-25-13-9-4)35(44-32)33(38)31-17-15-14-16-29(31)26-28-18-20-30(39-5)21-19-28/h14-21,32-38H,6-13,22-27H2,1-5H3/t32-,33?,34-,35+,36+,37+/m1/s1. The zero-order valence-electron chi connectivity index (χ0n) is 27.9. The first kappa shape index (κ1) is 36.5. The van der Waals surface area contributed by atoms with Gasteiger partial charge in [-0.25, -0.2) is 0 Å². The van der Waals surface area contributed by atoms with Crippen LogP contribution in [0.5, 0.6) is 5.75 Å². The summed E-state index contributed by atoms with van der Waals surface area (Å²) in [6, 6.07) is 16.1. The second kappa shape index (κ2) is 20.9. The monoisotopic (exact) mass is 614 g/mol. The fraction of sp³-hybridized carbons (Fsp3) is 0.676. The van der Waals surface area contributed by atoms with Gasteiger partial charge in [-0.2, -0.15) is 0 Å². The number of methoxy groups -OCH3 is 1. The summed E-state index contributed by atoms with van der Waals surface area (Å²) >= 11 is 0. The highest BCUT2D eigenvalue weighted by Gasteiger charge is 2.50. The number of benzene rings is 2. The van der Waals surface area contributed by atoms with Gasteiger partial charge in [0.1, 0.15) is 42.4 Å². The van der Waals surface area contributed by atoms with Gasteiger partial charge < -0.3 is 33.5 Å². The molecule has 1 unspecified atom stereocenters. The Kier molecular flexibility index (Phi) is 17.3. The van der Waals surface area contributed by atoms with E-state index in [0.29, 0.717) is 39.5 Å². The molecule has 248 valence electrons. The van der Waals surface area contributed by atoms with Crippen molar-refractivity contribution in [1.29, 1.82) is 0 Å². The van der Waals surface area contributed by atoms with Gasteiger partial charge in [-0.3, -0.25) is 0 Å². The Morgan fingerprint density at radius 2 is 1.27 bits per heavy atom. The molecule has 1 fully saturated rings. The van der Waals surface area contributed by atoms with E-state index in [1.54, 1.807) is 7.11 Å². The molecule has 0 spiro atoms. The molecule has 1 aliphatic rings. The van der Waals surface area contributed by atoms with Gasteiger partial charge in [-0.1, -0.05) is 89.8 Å². The van der Waals surface area contributed by atoms with Crippen molar-refractivity contribution >= 4 is 0 Å². The normalized spacial score (nSPS) is 22.6. The molecule has 1 aliphatic heterocycles. The maximum atomic E-state index is 12.2. The van der Waals surface area contributed by atoms with Gasteiger partial charge in [0.2, 0.25) is 0 Å². The minimum Gasteiger partial charge on any atom is -0.497 e. The molecule has 6 atom stereocenters. The highest BCUT2D eigenvalue weighted by molar-refractivity contribution is 5.37. The van der Waals surface area contributed by atoms with E-state index >= 15 is 0 Å². The molecule has 44 heavy (non-hydrogen) atoms. The number of aliphatic hydroxyl groups is 1. The second-order valence-electron chi connectivity index (χ2n) is 11.8. The third-order valence-electron chi connectivity index (χ3n) is 8.26. The predicted molar refractivity (Wildman–Crippen MR) is 176 cm³/mol. The number of ether oxygens (including phenoxy) is 6. The summed E-state index contributed by atoms with van der Waals surface area (Å²) in [5, 5.41) is 12.2. The van der Waals surface area contributed by atoms with Crippen molar-refractivity contribution in [2.24, 2.45) is 0 Å². The average Bonchev–Trinajstić information content (AvgIpc) is 3.05. The van der Waals surface area contributed by atoms with E-state index in [1.807, 2.05) is 30.3 Å². The first-order valence-electron chi connectivity index (χ1n) is 17.0. The summed E-state index contributed by atoms with van der Waals surface area (Å²) in [4.78, 5) is 0. The quantitative estimate of drug-likeness (QED) is 0.138. The van der Waals surface area contributed by atoms with Crippen molar-refractivity contribution in [3.63, 3.8) is 0 Å². The molecule has 0 amide bonds. The molecule has 7 nitrogen and oxygen atoms in total. The maximum Gasteiger partial charge on any atom is 0.118 e. The van der Waals surface area contributed by atoms with Crippen LogP contribution in [0.2, 0.25) is 0 Å². The molecular weight excluding hydrogens is 556 g/mol. The molecular formula is C37H58O7. The van der Waals surface area contributed by atoms with Gasteiger partial charge in [0, 0.05) is 26.4 Å². The lowest BCUT2D eigenvalue weighted by atomic mass is 9.86. The number of unbranched alkanes of at least 4 members (excludes halogenated alkanes) is 4. The van der Waals surface area contributed by atoms with Crippen LogP contribution < -0.4 is 4.74 Å². The van der Waals surface area contributed by atoms with E-state index in [9.17, 15) is 5.11 Å². The smallest absolute Gasteiger partial charge is 0.118 e. The molecule has 1 N–H and O–H groups in total. The number of rotatable bonds is 22. The van der Waals surface area contributed by atoms with Gasteiger partial charge in [-0.15, -0.1) is 0 Å². The topological polar surface area (TPSA) is 75.6 Å². The van der Waals surface area contributed by atoms with Gasteiger partial charge in [0.15, 0.2) is 0 Å². The van der Waals surface area contributed by atoms with Crippen molar-refractivity contribution in [3.8, 4) is 5.75 Å². The first-order valence-corrected chi connectivity index (χ1v) is 17.0. The van der Waals surface area contributed by atoms with Crippen LogP contribution >= 0.6 is 0 Å². The Bertz CT molecular complexity index is 1010. The number of aliphatic hydroxyl groups excluding tert-OH is 1. The first-order chi connectivity index (χ1) is 21.6. The van der Waals surface area contributed by atoms with Crippen molar-refractivity contribution in [2.45, 2.75) is 122 Å². The van der Waals surface area contributed by atoms with Crippen molar-refractivity contribution in [3.05, 3.63) is 65.2 Å². The minimum absolute atomic E-state index is 0.357. The third-order valence-corrected chi connectivity index (χ3v) is 8.26. The molecule has 0 bridgehead atoms. The molecule has 0 radical (unpaired) electrons. The van der Waals surface area contributed by atoms with Crippen LogP contribution in [0.1, 0.15) is 102 Å².